The van der Waals surface area contributed by atoms with Gasteiger partial charge in [-0.2, -0.15) is 0 Å². The summed E-state index contributed by atoms with van der Waals surface area (Å²) in [4.78, 5) is 40.4. The van der Waals surface area contributed by atoms with Gasteiger partial charge in [-0.3, -0.25) is 14.4 Å². The molecule has 4 rings (SSSR count). The third-order valence-corrected chi connectivity index (χ3v) is 4.89. The molecule has 154 valence electrons. The van der Waals surface area contributed by atoms with Crippen molar-refractivity contribution in [3.8, 4) is 0 Å². The Kier molecular flexibility index (Phi) is 5.89. The Balaban J connectivity index is 1.35. The van der Waals surface area contributed by atoms with Gasteiger partial charge >= 0.3 is 0 Å². The molecule has 0 bridgehead atoms. The lowest BCUT2D eigenvalue weighted by atomic mass is 10.0. The van der Waals surface area contributed by atoms with E-state index in [1.807, 2.05) is 24.3 Å². The van der Waals surface area contributed by atoms with Crippen molar-refractivity contribution in [2.24, 2.45) is 0 Å². The number of aromatic amines is 1. The molecule has 0 atom stereocenters. The second kappa shape index (κ2) is 9.09. The Morgan fingerprint density at radius 1 is 0.742 bits per heavy atom. The number of para-hydroxylation sites is 1. The fraction of sp³-hybridized carbons (Fsp3) is 0.0800. The number of carbonyl (C=O) groups is 2. The topological polar surface area (TPSA) is 91.1 Å². The van der Waals surface area contributed by atoms with Crippen molar-refractivity contribution in [3.05, 3.63) is 112 Å². The third-order valence-electron chi connectivity index (χ3n) is 4.89. The van der Waals surface area contributed by atoms with Crippen LogP contribution < -0.4 is 16.1 Å². The number of hydrogen-bond acceptors (Lipinski definition) is 4. The molecule has 6 heteroatoms. The Bertz CT molecular complexity index is 1300. The van der Waals surface area contributed by atoms with E-state index in [0.29, 0.717) is 41.0 Å². The first kappa shape index (κ1) is 20.1. The molecule has 3 N–H and O–H groups in total. The number of ketones is 1. The maximum Gasteiger partial charge on any atom is 0.251 e. The molecule has 1 amide bonds. The predicted octanol–water partition coefficient (Wildman–Crippen LogP) is 3.60. The highest BCUT2D eigenvalue weighted by Gasteiger charge is 2.12. The molecule has 1 heterocycles. The minimum absolute atomic E-state index is 0.0687. The van der Waals surface area contributed by atoms with E-state index in [2.05, 4.69) is 15.6 Å². The molecule has 0 aliphatic heterocycles. The van der Waals surface area contributed by atoms with Gasteiger partial charge in [0.25, 0.3) is 5.91 Å². The van der Waals surface area contributed by atoms with Gasteiger partial charge in [0, 0.05) is 41.2 Å². The molecule has 4 aromatic rings. The van der Waals surface area contributed by atoms with Gasteiger partial charge in [-0.05, 0) is 24.3 Å². The van der Waals surface area contributed by atoms with Crippen molar-refractivity contribution in [1.29, 1.82) is 0 Å². The van der Waals surface area contributed by atoms with Crippen LogP contribution in [0.5, 0.6) is 0 Å². The van der Waals surface area contributed by atoms with E-state index >= 15 is 0 Å². The summed E-state index contributed by atoms with van der Waals surface area (Å²) < 4.78 is 0. The smallest absolute Gasteiger partial charge is 0.251 e. The van der Waals surface area contributed by atoms with E-state index in [1.54, 1.807) is 54.6 Å². The monoisotopic (exact) mass is 411 g/mol. The maximum atomic E-state index is 12.6. The van der Waals surface area contributed by atoms with Crippen molar-refractivity contribution in [2.75, 3.05) is 18.4 Å². The summed E-state index contributed by atoms with van der Waals surface area (Å²) in [5, 5.41) is 6.56. The third kappa shape index (κ3) is 4.70. The molecule has 0 saturated heterocycles. The van der Waals surface area contributed by atoms with Crippen LogP contribution in [-0.4, -0.2) is 29.8 Å². The summed E-state index contributed by atoms with van der Waals surface area (Å²) in [6.45, 7) is 0.785. The number of amides is 1. The van der Waals surface area contributed by atoms with Crippen LogP contribution in [0.15, 0.2) is 89.7 Å². The van der Waals surface area contributed by atoms with Crippen LogP contribution in [-0.2, 0) is 0 Å². The SMILES string of the molecule is O=C(NCCNc1cc(=O)c2ccccc2[nH]1)c1cccc(C(=O)c2ccccc2)c1. The number of hydrogen-bond donors (Lipinski definition) is 3. The fourth-order valence-electron chi connectivity index (χ4n) is 3.33. The average Bonchev–Trinajstić information content (AvgIpc) is 2.82. The van der Waals surface area contributed by atoms with E-state index in [4.69, 9.17) is 0 Å². The van der Waals surface area contributed by atoms with E-state index in [0.717, 1.165) is 5.52 Å². The minimum atomic E-state index is -0.267. The van der Waals surface area contributed by atoms with Gasteiger partial charge in [-0.15, -0.1) is 0 Å². The molecule has 6 nitrogen and oxygen atoms in total. The second-order valence-electron chi connectivity index (χ2n) is 7.05. The molecule has 0 saturated carbocycles. The molecule has 1 aromatic heterocycles. The standard InChI is InChI=1S/C25H21N3O3/c29-22-16-23(28-21-12-5-4-11-20(21)22)26-13-14-27-25(31)19-10-6-9-18(15-19)24(30)17-7-2-1-3-8-17/h1-12,15-16H,13-14H2,(H,27,31)(H2,26,28,29). The lowest BCUT2D eigenvalue weighted by molar-refractivity contribution is 0.0955. The first-order valence-corrected chi connectivity index (χ1v) is 9.96. The van der Waals surface area contributed by atoms with Crippen molar-refractivity contribution >= 4 is 28.4 Å². The highest BCUT2D eigenvalue weighted by Crippen LogP contribution is 2.12. The number of benzene rings is 3. The highest BCUT2D eigenvalue weighted by atomic mass is 16.1. The van der Waals surface area contributed by atoms with Gasteiger partial charge in [0.15, 0.2) is 11.2 Å². The summed E-state index contributed by atoms with van der Waals surface area (Å²) in [7, 11) is 0. The quantitative estimate of drug-likeness (QED) is 0.320. The molecule has 0 fully saturated rings. The van der Waals surface area contributed by atoms with Crippen LogP contribution in [0, 0.1) is 0 Å². The Morgan fingerprint density at radius 2 is 1.45 bits per heavy atom. The van der Waals surface area contributed by atoms with Gasteiger partial charge in [-0.25, -0.2) is 0 Å². The van der Waals surface area contributed by atoms with E-state index in [9.17, 15) is 14.4 Å². The van der Waals surface area contributed by atoms with Crippen LogP contribution in [0.1, 0.15) is 26.3 Å². The lowest BCUT2D eigenvalue weighted by Gasteiger charge is -2.10. The van der Waals surface area contributed by atoms with Gasteiger partial charge in [0.2, 0.25) is 0 Å². The summed E-state index contributed by atoms with van der Waals surface area (Å²) in [5.74, 6) is 0.196. The van der Waals surface area contributed by atoms with Crippen molar-refractivity contribution in [1.82, 2.24) is 10.3 Å². The molecule has 31 heavy (non-hydrogen) atoms. The molecular weight excluding hydrogens is 390 g/mol. The zero-order chi connectivity index (χ0) is 21.6. The summed E-state index contributed by atoms with van der Waals surface area (Å²) in [6.07, 6.45) is 0. The normalized spacial score (nSPS) is 10.6. The maximum absolute atomic E-state index is 12.6. The number of carbonyl (C=O) groups excluding carboxylic acids is 2. The van der Waals surface area contributed by atoms with Crippen LogP contribution in [0.3, 0.4) is 0 Å². The van der Waals surface area contributed by atoms with E-state index in [-0.39, 0.29) is 17.1 Å². The van der Waals surface area contributed by atoms with Crippen LogP contribution in [0.25, 0.3) is 10.9 Å². The van der Waals surface area contributed by atoms with Gasteiger partial charge in [0.1, 0.15) is 5.82 Å². The van der Waals surface area contributed by atoms with Gasteiger partial charge in [-0.1, -0.05) is 54.6 Å². The number of rotatable bonds is 7. The molecule has 3 aromatic carbocycles. The van der Waals surface area contributed by atoms with Crippen LogP contribution >= 0.6 is 0 Å². The molecule has 0 spiro atoms. The molecule has 0 unspecified atom stereocenters. The number of nitrogens with one attached hydrogen (secondary N) is 3. The second-order valence-corrected chi connectivity index (χ2v) is 7.05. The highest BCUT2D eigenvalue weighted by molar-refractivity contribution is 6.10. The first-order chi connectivity index (χ1) is 15.1. The minimum Gasteiger partial charge on any atom is -0.370 e. The Morgan fingerprint density at radius 3 is 2.29 bits per heavy atom. The van der Waals surface area contributed by atoms with Gasteiger partial charge < -0.3 is 15.6 Å². The number of H-pyrrole nitrogens is 1. The zero-order valence-corrected chi connectivity index (χ0v) is 16.7. The van der Waals surface area contributed by atoms with Crippen LogP contribution in [0.2, 0.25) is 0 Å². The predicted molar refractivity (Wildman–Crippen MR) is 122 cm³/mol. The van der Waals surface area contributed by atoms with Crippen molar-refractivity contribution in [2.45, 2.75) is 0 Å². The van der Waals surface area contributed by atoms with E-state index < -0.39 is 0 Å². The van der Waals surface area contributed by atoms with E-state index in [1.165, 1.54) is 6.07 Å². The fourth-order valence-corrected chi connectivity index (χ4v) is 3.33. The Labute approximate surface area is 178 Å². The summed E-state index contributed by atoms with van der Waals surface area (Å²) >= 11 is 0. The van der Waals surface area contributed by atoms with Crippen molar-refractivity contribution in [3.63, 3.8) is 0 Å². The number of pyridine rings is 1. The lowest BCUT2D eigenvalue weighted by Crippen LogP contribution is -2.29. The summed E-state index contributed by atoms with van der Waals surface area (Å²) in [5.41, 5.74) is 2.14. The number of fused-ring (bicyclic) bond motifs is 1. The molecule has 0 aliphatic rings. The van der Waals surface area contributed by atoms with Crippen LogP contribution in [0.4, 0.5) is 5.82 Å². The van der Waals surface area contributed by atoms with Gasteiger partial charge in [0.05, 0.1) is 5.52 Å². The zero-order valence-electron chi connectivity index (χ0n) is 16.7. The first-order valence-electron chi connectivity index (χ1n) is 9.96. The number of aromatic nitrogens is 1. The van der Waals surface area contributed by atoms with Crippen molar-refractivity contribution < 1.29 is 9.59 Å². The summed E-state index contributed by atoms with van der Waals surface area (Å²) in [6, 6.07) is 24.4. The number of anilines is 1. The molecule has 0 radical (unpaired) electrons. The Hall–Kier alpha value is -4.19. The largest absolute Gasteiger partial charge is 0.370 e. The molecule has 0 aliphatic carbocycles. The molecular formula is C25H21N3O3. The average molecular weight is 411 g/mol.